The minimum absolute atomic E-state index is 0. The molecule has 4 rings (SSSR count). The molecule has 0 radical (unpaired) electrons. The second-order valence-corrected chi connectivity index (χ2v) is 6.96. The highest BCUT2D eigenvalue weighted by molar-refractivity contribution is 5.85. The predicted octanol–water partition coefficient (Wildman–Crippen LogP) is 5.13. The molecule has 0 saturated carbocycles. The van der Waals surface area contributed by atoms with Gasteiger partial charge in [-0.15, -0.1) is 12.4 Å². The van der Waals surface area contributed by atoms with Crippen LogP contribution in [0.2, 0.25) is 0 Å². The quantitative estimate of drug-likeness (QED) is 0.683. The number of hydrogen-bond donors (Lipinski definition) is 1. The molecular weight excluding hydrogens is 356 g/mol. The summed E-state index contributed by atoms with van der Waals surface area (Å²) in [5.41, 5.74) is 7.21. The maximum absolute atomic E-state index is 4.87. The third kappa shape index (κ3) is 3.91. The number of aryl methyl sites for hydroxylation is 2. The first kappa shape index (κ1) is 19.2. The minimum Gasteiger partial charge on any atom is -0.340 e. The number of rotatable bonds is 3. The lowest BCUT2D eigenvalue weighted by Gasteiger charge is -2.29. The molecule has 0 unspecified atom stereocenters. The lowest BCUT2D eigenvalue weighted by Crippen LogP contribution is -2.32. The highest BCUT2D eigenvalue weighted by atomic mass is 35.5. The van der Waals surface area contributed by atoms with Crippen molar-refractivity contribution < 1.29 is 0 Å². The van der Waals surface area contributed by atoms with Gasteiger partial charge >= 0.3 is 0 Å². The van der Waals surface area contributed by atoms with Crippen LogP contribution < -0.4 is 10.2 Å². The Kier molecular flexibility index (Phi) is 5.66. The molecule has 1 aliphatic heterocycles. The zero-order valence-electron chi connectivity index (χ0n) is 16.0. The zero-order valence-corrected chi connectivity index (χ0v) is 16.8. The van der Waals surface area contributed by atoms with E-state index in [0.717, 1.165) is 48.2 Å². The van der Waals surface area contributed by atoms with Gasteiger partial charge in [-0.2, -0.15) is 4.98 Å². The van der Waals surface area contributed by atoms with Crippen molar-refractivity contribution >= 4 is 29.9 Å². The SMILES string of the molecule is Cc1ccccc1Nc1nc(N2CCc3ccccc3C2)nc(C)c1C.Cl. The maximum atomic E-state index is 4.87. The monoisotopic (exact) mass is 380 g/mol. The second kappa shape index (κ2) is 7.97. The van der Waals surface area contributed by atoms with Gasteiger partial charge in [-0.05, 0) is 49.9 Å². The number of anilines is 3. The van der Waals surface area contributed by atoms with E-state index >= 15 is 0 Å². The molecule has 140 valence electrons. The van der Waals surface area contributed by atoms with Gasteiger partial charge in [0.25, 0.3) is 0 Å². The van der Waals surface area contributed by atoms with Crippen molar-refractivity contribution in [2.75, 3.05) is 16.8 Å². The highest BCUT2D eigenvalue weighted by Gasteiger charge is 2.20. The molecule has 0 atom stereocenters. The molecule has 5 heteroatoms. The van der Waals surface area contributed by atoms with Crippen LogP contribution in [0.5, 0.6) is 0 Å². The fourth-order valence-corrected chi connectivity index (χ4v) is 3.38. The standard InChI is InChI=1S/C22H24N4.ClH/c1-15-8-4-7-11-20(15)24-21-16(2)17(3)23-22(25-21)26-13-12-18-9-5-6-10-19(18)14-26;/h4-11H,12-14H2,1-3H3,(H,23,24,25);1H. The van der Waals surface area contributed by atoms with Crippen LogP contribution in [0, 0.1) is 20.8 Å². The molecule has 0 amide bonds. The van der Waals surface area contributed by atoms with E-state index in [9.17, 15) is 0 Å². The maximum Gasteiger partial charge on any atom is 0.227 e. The van der Waals surface area contributed by atoms with Gasteiger partial charge in [0.2, 0.25) is 5.95 Å². The molecule has 0 fully saturated rings. The van der Waals surface area contributed by atoms with Gasteiger partial charge in [0.1, 0.15) is 5.82 Å². The summed E-state index contributed by atoms with van der Waals surface area (Å²) in [5, 5.41) is 3.50. The third-order valence-electron chi connectivity index (χ3n) is 5.19. The normalized spacial score (nSPS) is 12.9. The fourth-order valence-electron chi connectivity index (χ4n) is 3.38. The number of nitrogens with zero attached hydrogens (tertiary/aromatic N) is 3. The van der Waals surface area contributed by atoms with E-state index in [-0.39, 0.29) is 12.4 Å². The van der Waals surface area contributed by atoms with Crippen LogP contribution >= 0.6 is 12.4 Å². The smallest absolute Gasteiger partial charge is 0.227 e. The van der Waals surface area contributed by atoms with Gasteiger partial charge in [0.15, 0.2) is 0 Å². The van der Waals surface area contributed by atoms with Crippen LogP contribution in [0.25, 0.3) is 0 Å². The Bertz CT molecular complexity index is 955. The molecule has 1 N–H and O–H groups in total. The molecule has 0 saturated heterocycles. The Labute approximate surface area is 167 Å². The molecule has 4 nitrogen and oxygen atoms in total. The lowest BCUT2D eigenvalue weighted by molar-refractivity contribution is 0.705. The number of benzene rings is 2. The molecule has 0 spiro atoms. The van der Waals surface area contributed by atoms with Crippen LogP contribution in [-0.2, 0) is 13.0 Å². The van der Waals surface area contributed by atoms with Crippen molar-refractivity contribution in [3.63, 3.8) is 0 Å². The summed E-state index contributed by atoms with van der Waals surface area (Å²) in [5.74, 6) is 1.69. The van der Waals surface area contributed by atoms with E-state index in [0.29, 0.717) is 0 Å². The van der Waals surface area contributed by atoms with Gasteiger partial charge in [0.05, 0.1) is 0 Å². The van der Waals surface area contributed by atoms with Crippen molar-refractivity contribution in [1.29, 1.82) is 0 Å². The number of nitrogens with one attached hydrogen (secondary N) is 1. The lowest BCUT2D eigenvalue weighted by atomic mass is 10.0. The minimum atomic E-state index is 0. The van der Waals surface area contributed by atoms with E-state index < -0.39 is 0 Å². The number of fused-ring (bicyclic) bond motifs is 1. The van der Waals surface area contributed by atoms with Crippen molar-refractivity contribution in [2.45, 2.75) is 33.7 Å². The number of para-hydroxylation sites is 1. The second-order valence-electron chi connectivity index (χ2n) is 6.96. The first-order chi connectivity index (χ1) is 12.6. The van der Waals surface area contributed by atoms with Gasteiger partial charge < -0.3 is 10.2 Å². The van der Waals surface area contributed by atoms with E-state index in [1.807, 2.05) is 6.07 Å². The summed E-state index contributed by atoms with van der Waals surface area (Å²) in [7, 11) is 0. The van der Waals surface area contributed by atoms with Crippen LogP contribution in [0.4, 0.5) is 17.5 Å². The van der Waals surface area contributed by atoms with Crippen molar-refractivity contribution in [2.24, 2.45) is 0 Å². The number of hydrogen-bond acceptors (Lipinski definition) is 4. The summed E-state index contributed by atoms with van der Waals surface area (Å²) in [6, 6.07) is 16.9. The molecule has 1 aromatic heterocycles. The predicted molar refractivity (Wildman–Crippen MR) is 114 cm³/mol. The van der Waals surface area contributed by atoms with Crippen molar-refractivity contribution in [1.82, 2.24) is 9.97 Å². The van der Waals surface area contributed by atoms with Gasteiger partial charge in [-0.3, -0.25) is 0 Å². The van der Waals surface area contributed by atoms with E-state index in [1.165, 1.54) is 16.7 Å². The van der Waals surface area contributed by atoms with Gasteiger partial charge in [0, 0.05) is 30.0 Å². The molecule has 2 aromatic carbocycles. The Morgan fingerprint density at radius 1 is 0.889 bits per heavy atom. The van der Waals surface area contributed by atoms with Gasteiger partial charge in [-0.25, -0.2) is 4.98 Å². The van der Waals surface area contributed by atoms with Gasteiger partial charge in [-0.1, -0.05) is 42.5 Å². The number of aromatic nitrogens is 2. The van der Waals surface area contributed by atoms with Crippen LogP contribution in [0.1, 0.15) is 27.9 Å². The summed E-state index contributed by atoms with van der Waals surface area (Å²) < 4.78 is 0. The van der Waals surface area contributed by atoms with E-state index in [4.69, 9.17) is 9.97 Å². The molecule has 0 bridgehead atoms. The summed E-state index contributed by atoms with van der Waals surface area (Å²) in [6.07, 6.45) is 1.03. The fraction of sp³-hybridized carbons (Fsp3) is 0.273. The number of halogens is 1. The molecular formula is C22H25ClN4. The summed E-state index contributed by atoms with van der Waals surface area (Å²) in [4.78, 5) is 11.9. The van der Waals surface area contributed by atoms with Crippen LogP contribution in [0.15, 0.2) is 48.5 Å². The third-order valence-corrected chi connectivity index (χ3v) is 5.19. The molecule has 27 heavy (non-hydrogen) atoms. The Morgan fingerprint density at radius 2 is 1.59 bits per heavy atom. The van der Waals surface area contributed by atoms with Crippen LogP contribution in [-0.4, -0.2) is 16.5 Å². The first-order valence-corrected chi connectivity index (χ1v) is 9.11. The summed E-state index contributed by atoms with van der Waals surface area (Å²) >= 11 is 0. The highest BCUT2D eigenvalue weighted by Crippen LogP contribution is 2.27. The average molecular weight is 381 g/mol. The van der Waals surface area contributed by atoms with E-state index in [1.54, 1.807) is 0 Å². The molecule has 2 heterocycles. The first-order valence-electron chi connectivity index (χ1n) is 9.11. The van der Waals surface area contributed by atoms with Crippen molar-refractivity contribution in [3.8, 4) is 0 Å². The Hall–Kier alpha value is -2.59. The molecule has 0 aliphatic carbocycles. The zero-order chi connectivity index (χ0) is 18.1. The molecule has 1 aliphatic rings. The van der Waals surface area contributed by atoms with Crippen molar-refractivity contribution in [3.05, 3.63) is 76.5 Å². The topological polar surface area (TPSA) is 41.1 Å². The molecule has 3 aromatic rings. The Balaban J connectivity index is 0.00000210. The Morgan fingerprint density at radius 3 is 2.37 bits per heavy atom. The van der Waals surface area contributed by atoms with E-state index in [2.05, 4.69) is 73.5 Å². The largest absolute Gasteiger partial charge is 0.340 e. The average Bonchev–Trinajstić information content (AvgIpc) is 2.66. The summed E-state index contributed by atoms with van der Waals surface area (Å²) in [6.45, 7) is 8.05. The van der Waals surface area contributed by atoms with Crippen LogP contribution in [0.3, 0.4) is 0 Å².